The van der Waals surface area contributed by atoms with Gasteiger partial charge in [0.15, 0.2) is 0 Å². The number of aromatic nitrogens is 2. The van der Waals surface area contributed by atoms with Crippen LogP contribution in [0.2, 0.25) is 0 Å². The van der Waals surface area contributed by atoms with Crippen LogP contribution in [-0.2, 0) is 6.18 Å². The first-order chi connectivity index (χ1) is 14.2. The molecule has 30 heavy (non-hydrogen) atoms. The van der Waals surface area contributed by atoms with Gasteiger partial charge in [-0.25, -0.2) is 4.98 Å². The number of carbonyl (C=O) groups is 1. The molecule has 1 saturated heterocycles. The third-order valence-electron chi connectivity index (χ3n) is 5.10. The second-order valence-electron chi connectivity index (χ2n) is 7.26. The van der Waals surface area contributed by atoms with Crippen molar-refractivity contribution >= 4 is 44.2 Å². The van der Waals surface area contributed by atoms with Crippen LogP contribution < -0.4 is 16.0 Å². The lowest BCUT2D eigenvalue weighted by molar-refractivity contribution is -0.137. The minimum atomic E-state index is -4.52. The molecule has 1 aromatic carbocycles. The van der Waals surface area contributed by atoms with Gasteiger partial charge < -0.3 is 20.9 Å². The van der Waals surface area contributed by atoms with E-state index in [1.807, 2.05) is 0 Å². The fourth-order valence-corrected chi connectivity index (χ4v) is 4.26. The number of nitrogens with one attached hydrogen (secondary N) is 2. The van der Waals surface area contributed by atoms with Gasteiger partial charge in [0.2, 0.25) is 0 Å². The van der Waals surface area contributed by atoms with E-state index in [9.17, 15) is 18.0 Å². The van der Waals surface area contributed by atoms with Crippen LogP contribution in [0.5, 0.6) is 0 Å². The van der Waals surface area contributed by atoms with Crippen LogP contribution in [0.25, 0.3) is 11.0 Å². The average Bonchev–Trinajstić information content (AvgIpc) is 3.10. The molecule has 1 unspecified atom stereocenters. The van der Waals surface area contributed by atoms with Crippen LogP contribution >= 0.6 is 15.9 Å². The van der Waals surface area contributed by atoms with Gasteiger partial charge in [0, 0.05) is 37.1 Å². The highest BCUT2D eigenvalue weighted by Crippen LogP contribution is 2.39. The zero-order valence-corrected chi connectivity index (χ0v) is 17.3. The van der Waals surface area contributed by atoms with Crippen molar-refractivity contribution in [3.8, 4) is 0 Å². The SMILES string of the molecule is NC1CCCN(c2c(Br)cnc3[nH]cc(NC(=O)c4cccc(C(F)(F)F)c4)c23)C1. The number of hydrogen-bond acceptors (Lipinski definition) is 4. The van der Waals surface area contributed by atoms with Crippen LogP contribution in [0.1, 0.15) is 28.8 Å². The molecule has 158 valence electrons. The number of benzene rings is 1. The lowest BCUT2D eigenvalue weighted by atomic mass is 10.1. The molecule has 1 amide bonds. The summed E-state index contributed by atoms with van der Waals surface area (Å²) in [5.74, 6) is -0.636. The van der Waals surface area contributed by atoms with E-state index in [4.69, 9.17) is 5.73 Å². The molecule has 10 heteroatoms. The Morgan fingerprint density at radius 2 is 2.17 bits per heavy atom. The predicted octanol–water partition coefficient (Wildman–Crippen LogP) is 4.52. The molecular weight excluding hydrogens is 463 g/mol. The van der Waals surface area contributed by atoms with Crippen molar-refractivity contribution in [2.24, 2.45) is 5.73 Å². The molecule has 3 heterocycles. The Labute approximate surface area is 178 Å². The van der Waals surface area contributed by atoms with Crippen molar-refractivity contribution in [2.75, 3.05) is 23.3 Å². The lowest BCUT2D eigenvalue weighted by Crippen LogP contribution is -2.43. The Morgan fingerprint density at radius 3 is 2.90 bits per heavy atom. The van der Waals surface area contributed by atoms with E-state index in [0.29, 0.717) is 23.3 Å². The van der Waals surface area contributed by atoms with Gasteiger partial charge >= 0.3 is 6.18 Å². The number of nitrogens with two attached hydrogens (primary N) is 1. The summed E-state index contributed by atoms with van der Waals surface area (Å²) in [5, 5.41) is 3.40. The summed E-state index contributed by atoms with van der Waals surface area (Å²) in [6.45, 7) is 1.46. The number of rotatable bonds is 3. The maximum atomic E-state index is 13.0. The van der Waals surface area contributed by atoms with E-state index < -0.39 is 17.6 Å². The summed E-state index contributed by atoms with van der Waals surface area (Å²) in [5.41, 5.74) is 7.03. The predicted molar refractivity (Wildman–Crippen MR) is 113 cm³/mol. The molecule has 0 radical (unpaired) electrons. The third-order valence-corrected chi connectivity index (χ3v) is 5.68. The first kappa shape index (κ1) is 20.7. The summed E-state index contributed by atoms with van der Waals surface area (Å²) in [6.07, 6.45) is 0.615. The van der Waals surface area contributed by atoms with Crippen molar-refractivity contribution in [1.29, 1.82) is 0 Å². The topological polar surface area (TPSA) is 87.0 Å². The van der Waals surface area contributed by atoms with Crippen LogP contribution in [0, 0.1) is 0 Å². The molecule has 1 fully saturated rings. The average molecular weight is 482 g/mol. The van der Waals surface area contributed by atoms with Crippen LogP contribution in [-0.4, -0.2) is 35.0 Å². The highest BCUT2D eigenvalue weighted by Gasteiger charge is 2.31. The fraction of sp³-hybridized carbons (Fsp3) is 0.300. The van der Waals surface area contributed by atoms with Gasteiger partial charge in [-0.05, 0) is 47.0 Å². The van der Waals surface area contributed by atoms with Crippen LogP contribution in [0.4, 0.5) is 24.5 Å². The summed E-state index contributed by atoms with van der Waals surface area (Å²) in [6, 6.07) is 4.37. The molecular formula is C20H19BrF3N5O. The maximum absolute atomic E-state index is 13.0. The van der Waals surface area contributed by atoms with E-state index in [-0.39, 0.29) is 11.6 Å². The van der Waals surface area contributed by atoms with Gasteiger partial charge in [0.1, 0.15) is 5.65 Å². The van der Waals surface area contributed by atoms with Crippen LogP contribution in [0.3, 0.4) is 0 Å². The van der Waals surface area contributed by atoms with Gasteiger partial charge in [0.25, 0.3) is 5.91 Å². The second-order valence-corrected chi connectivity index (χ2v) is 8.12. The molecule has 3 aromatic rings. The highest BCUT2D eigenvalue weighted by atomic mass is 79.9. The number of nitrogens with zero attached hydrogens (tertiary/aromatic N) is 2. The zero-order chi connectivity index (χ0) is 21.5. The zero-order valence-electron chi connectivity index (χ0n) is 15.8. The smallest absolute Gasteiger partial charge is 0.368 e. The van der Waals surface area contributed by atoms with Gasteiger partial charge in [-0.15, -0.1) is 0 Å². The molecule has 0 bridgehead atoms. The number of aromatic amines is 1. The second kappa shape index (κ2) is 7.92. The third kappa shape index (κ3) is 4.01. The number of fused-ring (bicyclic) bond motifs is 1. The van der Waals surface area contributed by atoms with E-state index in [1.165, 1.54) is 12.1 Å². The number of anilines is 2. The van der Waals surface area contributed by atoms with Gasteiger partial charge in [-0.3, -0.25) is 4.79 Å². The standard InChI is InChI=1S/C20H19BrF3N5O/c21-14-8-26-18-16(17(14)29-6-2-5-13(25)10-29)15(9-27-18)28-19(30)11-3-1-4-12(7-11)20(22,23)24/h1,3-4,7-9,13H,2,5-6,10,25H2,(H,26,27)(H,28,30). The summed E-state index contributed by atoms with van der Waals surface area (Å²) in [4.78, 5) is 22.2. The van der Waals surface area contributed by atoms with Crippen molar-refractivity contribution in [3.63, 3.8) is 0 Å². The molecule has 2 aromatic heterocycles. The van der Waals surface area contributed by atoms with Crippen molar-refractivity contribution in [3.05, 3.63) is 52.3 Å². The van der Waals surface area contributed by atoms with Crippen LogP contribution in [0.15, 0.2) is 41.1 Å². The quantitative estimate of drug-likeness (QED) is 0.513. The Hall–Kier alpha value is -2.59. The maximum Gasteiger partial charge on any atom is 0.416 e. The first-order valence-electron chi connectivity index (χ1n) is 9.39. The number of H-pyrrole nitrogens is 1. The minimum Gasteiger partial charge on any atom is -0.368 e. The number of halogens is 4. The summed E-state index contributed by atoms with van der Waals surface area (Å²) in [7, 11) is 0. The molecule has 6 nitrogen and oxygen atoms in total. The Kier molecular flexibility index (Phi) is 5.46. The van der Waals surface area contributed by atoms with Gasteiger partial charge in [-0.2, -0.15) is 13.2 Å². The molecule has 0 spiro atoms. The summed E-state index contributed by atoms with van der Waals surface area (Å²) < 4.78 is 39.7. The number of pyridine rings is 1. The molecule has 0 saturated carbocycles. The molecule has 4 N–H and O–H groups in total. The van der Waals surface area contributed by atoms with Crippen molar-refractivity contribution < 1.29 is 18.0 Å². The Bertz CT molecular complexity index is 1100. The number of carbonyl (C=O) groups excluding carboxylic acids is 1. The molecule has 1 atom stereocenters. The molecule has 0 aliphatic carbocycles. The number of hydrogen-bond donors (Lipinski definition) is 3. The first-order valence-corrected chi connectivity index (χ1v) is 10.2. The summed E-state index contributed by atoms with van der Waals surface area (Å²) >= 11 is 3.54. The van der Waals surface area contributed by atoms with E-state index in [2.05, 4.69) is 36.1 Å². The minimum absolute atomic E-state index is 0.0379. The van der Waals surface area contributed by atoms with E-state index >= 15 is 0 Å². The largest absolute Gasteiger partial charge is 0.416 e. The van der Waals surface area contributed by atoms with Crippen molar-refractivity contribution in [1.82, 2.24) is 9.97 Å². The number of piperidine rings is 1. The van der Waals surface area contributed by atoms with E-state index in [0.717, 1.165) is 41.7 Å². The van der Waals surface area contributed by atoms with Gasteiger partial charge in [0.05, 0.1) is 26.8 Å². The van der Waals surface area contributed by atoms with Gasteiger partial charge in [-0.1, -0.05) is 6.07 Å². The number of alkyl halides is 3. The highest BCUT2D eigenvalue weighted by molar-refractivity contribution is 9.10. The fourth-order valence-electron chi connectivity index (χ4n) is 3.71. The number of amides is 1. The lowest BCUT2D eigenvalue weighted by Gasteiger charge is -2.33. The molecule has 1 aliphatic heterocycles. The molecule has 1 aliphatic rings. The van der Waals surface area contributed by atoms with Crippen molar-refractivity contribution in [2.45, 2.75) is 25.1 Å². The van der Waals surface area contributed by atoms with E-state index in [1.54, 1.807) is 12.4 Å². The molecule has 4 rings (SSSR count). The normalized spacial score (nSPS) is 17.4. The monoisotopic (exact) mass is 481 g/mol. The Morgan fingerprint density at radius 1 is 1.37 bits per heavy atom. The Balaban J connectivity index is 1.70.